The van der Waals surface area contributed by atoms with Crippen LogP contribution in [0.4, 0.5) is 0 Å². The molecule has 2 saturated carbocycles. The maximum atomic E-state index is 13.7. The molecule has 0 unspecified atom stereocenters. The highest BCUT2D eigenvalue weighted by Crippen LogP contribution is 2.36. The Labute approximate surface area is 229 Å². The first-order valence-electron chi connectivity index (χ1n) is 14.7. The van der Waals surface area contributed by atoms with Gasteiger partial charge in [-0.15, -0.1) is 5.10 Å². The Hall–Kier alpha value is -2.98. The van der Waals surface area contributed by atoms with Crippen molar-refractivity contribution in [3.05, 3.63) is 39.9 Å². The van der Waals surface area contributed by atoms with Crippen molar-refractivity contribution in [2.24, 2.45) is 0 Å². The molecule has 210 valence electrons. The number of aromatic amines is 1. The highest BCUT2D eigenvalue weighted by molar-refractivity contribution is 5.83. The maximum Gasteiger partial charge on any atom is 0.253 e. The fourth-order valence-electron chi connectivity index (χ4n) is 7.03. The average Bonchev–Trinajstić information content (AvgIpc) is 3.47. The van der Waals surface area contributed by atoms with Gasteiger partial charge in [-0.3, -0.25) is 14.6 Å². The van der Waals surface area contributed by atoms with Crippen LogP contribution in [-0.4, -0.2) is 81.4 Å². The zero-order valence-corrected chi connectivity index (χ0v) is 23.3. The topological polar surface area (TPSA) is 101 Å². The number of tetrazole rings is 1. The molecule has 10 heteroatoms. The number of ether oxygens (including phenoxy) is 2. The number of nitrogens with zero attached hydrogens (tertiary/aromatic N) is 6. The second-order valence-corrected chi connectivity index (χ2v) is 11.4. The third-order valence-corrected chi connectivity index (χ3v) is 9.16. The summed E-state index contributed by atoms with van der Waals surface area (Å²) in [6.45, 7) is 3.76. The first-order valence-corrected chi connectivity index (χ1v) is 14.7. The number of rotatable bonds is 7. The van der Waals surface area contributed by atoms with Crippen LogP contribution in [0.1, 0.15) is 87.7 Å². The van der Waals surface area contributed by atoms with Crippen molar-refractivity contribution < 1.29 is 9.47 Å². The SMILES string of the molecule is COc1cc2cc([C@H](c3nnnn3C3CCCCC3)N3CCN(C4CCCCC4)CC3)c(=O)[nH]c2cc1OC. The molecule has 0 bridgehead atoms. The molecule has 1 aromatic carbocycles. The van der Waals surface area contributed by atoms with Crippen LogP contribution in [0, 0.1) is 0 Å². The van der Waals surface area contributed by atoms with Crippen molar-refractivity contribution >= 4 is 10.9 Å². The number of nitrogens with one attached hydrogen (secondary N) is 1. The van der Waals surface area contributed by atoms with E-state index in [2.05, 4.69) is 30.3 Å². The van der Waals surface area contributed by atoms with E-state index in [-0.39, 0.29) is 17.6 Å². The summed E-state index contributed by atoms with van der Waals surface area (Å²) >= 11 is 0. The quantitative estimate of drug-likeness (QED) is 0.483. The molecular weight excluding hydrogens is 494 g/mol. The number of hydrogen-bond acceptors (Lipinski definition) is 8. The van der Waals surface area contributed by atoms with Gasteiger partial charge in [-0.1, -0.05) is 38.5 Å². The summed E-state index contributed by atoms with van der Waals surface area (Å²) in [5, 5.41) is 14.1. The predicted octanol–water partition coefficient (Wildman–Crippen LogP) is 4.08. The van der Waals surface area contributed by atoms with Crippen LogP contribution in [0.15, 0.2) is 23.0 Å². The van der Waals surface area contributed by atoms with Crippen molar-refractivity contribution in [1.29, 1.82) is 0 Å². The minimum atomic E-state index is -0.323. The molecule has 3 aromatic rings. The number of pyridine rings is 1. The van der Waals surface area contributed by atoms with E-state index in [0.717, 1.165) is 50.2 Å². The van der Waals surface area contributed by atoms with Crippen LogP contribution in [0.3, 0.4) is 0 Å². The van der Waals surface area contributed by atoms with E-state index in [0.29, 0.717) is 28.6 Å². The number of methoxy groups -OCH3 is 2. The lowest BCUT2D eigenvalue weighted by Crippen LogP contribution is -2.52. The fraction of sp³-hybridized carbons (Fsp3) is 0.655. The Morgan fingerprint density at radius 1 is 0.846 bits per heavy atom. The van der Waals surface area contributed by atoms with Crippen LogP contribution in [0.25, 0.3) is 10.9 Å². The smallest absolute Gasteiger partial charge is 0.253 e. The molecule has 1 atom stereocenters. The molecule has 3 aliphatic rings. The second-order valence-electron chi connectivity index (χ2n) is 11.4. The zero-order valence-electron chi connectivity index (χ0n) is 23.3. The number of piperazine rings is 1. The monoisotopic (exact) mass is 535 g/mol. The molecule has 0 radical (unpaired) electrons. The first kappa shape index (κ1) is 26.3. The Morgan fingerprint density at radius 3 is 2.15 bits per heavy atom. The number of H-pyrrole nitrogens is 1. The Bertz CT molecular complexity index is 1320. The maximum absolute atomic E-state index is 13.7. The minimum Gasteiger partial charge on any atom is -0.493 e. The van der Waals surface area contributed by atoms with Gasteiger partial charge in [0.2, 0.25) is 0 Å². The van der Waals surface area contributed by atoms with Gasteiger partial charge in [0.15, 0.2) is 17.3 Å². The highest BCUT2D eigenvalue weighted by Gasteiger charge is 2.35. The van der Waals surface area contributed by atoms with Gasteiger partial charge in [-0.2, -0.15) is 0 Å². The summed E-state index contributed by atoms with van der Waals surface area (Å²) in [5.74, 6) is 2.00. The van der Waals surface area contributed by atoms with Crippen LogP contribution >= 0.6 is 0 Å². The summed E-state index contributed by atoms with van der Waals surface area (Å²) in [5.41, 5.74) is 1.27. The molecule has 2 aromatic heterocycles. The molecule has 0 spiro atoms. The van der Waals surface area contributed by atoms with Crippen molar-refractivity contribution in [3.63, 3.8) is 0 Å². The Kier molecular flexibility index (Phi) is 7.83. The number of aromatic nitrogens is 5. The number of hydrogen-bond donors (Lipinski definition) is 1. The lowest BCUT2D eigenvalue weighted by Gasteiger charge is -2.43. The summed E-state index contributed by atoms with van der Waals surface area (Å²) in [7, 11) is 3.23. The van der Waals surface area contributed by atoms with Gasteiger partial charge in [0.25, 0.3) is 5.56 Å². The van der Waals surface area contributed by atoms with Crippen molar-refractivity contribution in [3.8, 4) is 11.5 Å². The van der Waals surface area contributed by atoms with E-state index in [9.17, 15) is 4.79 Å². The summed E-state index contributed by atoms with van der Waals surface area (Å²) < 4.78 is 13.1. The van der Waals surface area contributed by atoms with Crippen LogP contribution in [0.5, 0.6) is 11.5 Å². The van der Waals surface area contributed by atoms with E-state index in [4.69, 9.17) is 9.47 Å². The molecular formula is C29H41N7O3. The van der Waals surface area contributed by atoms with Gasteiger partial charge in [0.1, 0.15) is 6.04 Å². The van der Waals surface area contributed by atoms with Gasteiger partial charge < -0.3 is 14.5 Å². The van der Waals surface area contributed by atoms with Crippen molar-refractivity contribution in [1.82, 2.24) is 35.0 Å². The van der Waals surface area contributed by atoms with Crippen molar-refractivity contribution in [2.75, 3.05) is 40.4 Å². The van der Waals surface area contributed by atoms with Gasteiger partial charge in [-0.25, -0.2) is 4.68 Å². The average molecular weight is 536 g/mol. The van der Waals surface area contributed by atoms with E-state index < -0.39 is 0 Å². The Morgan fingerprint density at radius 2 is 1.49 bits per heavy atom. The van der Waals surface area contributed by atoms with E-state index >= 15 is 0 Å². The number of benzene rings is 1. The largest absolute Gasteiger partial charge is 0.493 e. The normalized spacial score (nSPS) is 21.3. The lowest BCUT2D eigenvalue weighted by molar-refractivity contribution is 0.0610. The summed E-state index contributed by atoms with van der Waals surface area (Å²) in [4.78, 5) is 21.9. The minimum absolute atomic E-state index is 0.118. The molecule has 3 fully saturated rings. The van der Waals surface area contributed by atoms with E-state index in [1.54, 1.807) is 14.2 Å². The van der Waals surface area contributed by atoms with Gasteiger partial charge in [0, 0.05) is 49.2 Å². The molecule has 1 aliphatic heterocycles. The van der Waals surface area contributed by atoms with Crippen LogP contribution < -0.4 is 15.0 Å². The molecule has 10 nitrogen and oxygen atoms in total. The van der Waals surface area contributed by atoms with Gasteiger partial charge in [0.05, 0.1) is 25.8 Å². The van der Waals surface area contributed by atoms with Crippen LogP contribution in [-0.2, 0) is 0 Å². The van der Waals surface area contributed by atoms with Gasteiger partial charge >= 0.3 is 0 Å². The molecule has 6 rings (SSSR count). The molecule has 1 saturated heterocycles. The Balaban J connectivity index is 1.38. The van der Waals surface area contributed by atoms with Gasteiger partial charge in [-0.05, 0) is 48.2 Å². The van der Waals surface area contributed by atoms with E-state index in [1.165, 1.54) is 51.4 Å². The molecule has 39 heavy (non-hydrogen) atoms. The highest BCUT2D eigenvalue weighted by atomic mass is 16.5. The third-order valence-electron chi connectivity index (χ3n) is 9.16. The molecule has 2 aliphatic carbocycles. The molecule has 1 N–H and O–H groups in total. The van der Waals surface area contributed by atoms with Crippen LogP contribution in [0.2, 0.25) is 0 Å². The first-order chi connectivity index (χ1) is 19.2. The molecule has 0 amide bonds. The standard InChI is InChI=1S/C29H41N7O3/c1-38-25-18-20-17-23(29(37)30-24(20)19-26(25)39-2)27(28-31-32-33-36(28)22-11-7-4-8-12-22)35-15-13-34(14-16-35)21-9-5-3-6-10-21/h17-19,21-22,27H,3-16H2,1-2H3,(H,30,37)/t27-/m1/s1. The molecule has 3 heterocycles. The third kappa shape index (κ3) is 5.28. The lowest BCUT2D eigenvalue weighted by atomic mass is 9.93. The second kappa shape index (κ2) is 11.6. The predicted molar refractivity (Wildman–Crippen MR) is 149 cm³/mol. The van der Waals surface area contributed by atoms with E-state index in [1.807, 2.05) is 22.9 Å². The fourth-order valence-corrected chi connectivity index (χ4v) is 7.03. The summed E-state index contributed by atoms with van der Waals surface area (Å²) in [6, 6.07) is 6.39. The van der Waals surface area contributed by atoms with Crippen molar-refractivity contribution in [2.45, 2.75) is 82.3 Å². The number of fused-ring (bicyclic) bond motifs is 1. The summed E-state index contributed by atoms with van der Waals surface area (Å²) in [6.07, 6.45) is 12.4. The zero-order chi connectivity index (χ0) is 26.8.